The van der Waals surface area contributed by atoms with Crippen molar-refractivity contribution in [2.45, 2.75) is 18.9 Å². The van der Waals surface area contributed by atoms with E-state index in [1.165, 1.54) is 5.56 Å². The van der Waals surface area contributed by atoms with E-state index >= 15 is 0 Å². The first-order chi connectivity index (χ1) is 10.4. The molecule has 1 aromatic rings. The summed E-state index contributed by atoms with van der Waals surface area (Å²) >= 11 is 0. The molecule has 22 heavy (non-hydrogen) atoms. The molecule has 1 amide bonds. The summed E-state index contributed by atoms with van der Waals surface area (Å²) in [5, 5.41) is 6.03. The molecule has 1 unspecified atom stereocenters. The van der Waals surface area contributed by atoms with Crippen molar-refractivity contribution in [1.82, 2.24) is 10.6 Å². The van der Waals surface area contributed by atoms with E-state index in [0.29, 0.717) is 26.4 Å². The molecule has 0 saturated carbocycles. The van der Waals surface area contributed by atoms with Crippen LogP contribution in [0.3, 0.4) is 0 Å². The second-order valence-electron chi connectivity index (χ2n) is 5.07. The zero-order chi connectivity index (χ0) is 14.8. The summed E-state index contributed by atoms with van der Waals surface area (Å²) in [5.41, 5.74) is 1.29. The molecule has 6 heteroatoms. The maximum atomic E-state index is 11.8. The highest BCUT2D eigenvalue weighted by Gasteiger charge is 2.20. The molecule has 124 valence electrons. The first-order valence-electron chi connectivity index (χ1n) is 7.57. The summed E-state index contributed by atoms with van der Waals surface area (Å²) in [6.45, 7) is 3.90. The summed E-state index contributed by atoms with van der Waals surface area (Å²) in [5.74, 6) is 0.0129. The number of morpholine rings is 1. The number of halogens is 1. The molecule has 1 aliphatic heterocycles. The maximum absolute atomic E-state index is 11.8. The molecule has 0 spiro atoms. The van der Waals surface area contributed by atoms with Crippen LogP contribution < -0.4 is 10.6 Å². The van der Waals surface area contributed by atoms with Gasteiger partial charge in [0.15, 0.2) is 0 Å². The smallest absolute Gasteiger partial charge is 0.239 e. The lowest BCUT2D eigenvalue weighted by Gasteiger charge is -2.22. The van der Waals surface area contributed by atoms with Crippen LogP contribution in [0.25, 0.3) is 0 Å². The van der Waals surface area contributed by atoms with E-state index in [9.17, 15) is 4.79 Å². The van der Waals surface area contributed by atoms with Crippen molar-refractivity contribution < 1.29 is 14.3 Å². The number of amides is 1. The second kappa shape index (κ2) is 11.4. The van der Waals surface area contributed by atoms with Gasteiger partial charge in [0.2, 0.25) is 5.91 Å². The van der Waals surface area contributed by atoms with Crippen molar-refractivity contribution in [2.24, 2.45) is 0 Å². The number of carbonyl (C=O) groups excluding carboxylic acids is 1. The number of hydrogen-bond donors (Lipinski definition) is 2. The lowest BCUT2D eigenvalue weighted by atomic mass is 10.2. The molecular weight excluding hydrogens is 304 g/mol. The Labute approximate surface area is 138 Å². The Morgan fingerprint density at radius 3 is 2.86 bits per heavy atom. The van der Waals surface area contributed by atoms with Gasteiger partial charge >= 0.3 is 0 Å². The molecule has 1 aromatic carbocycles. The number of benzene rings is 1. The third kappa shape index (κ3) is 7.22. The number of rotatable bonds is 8. The summed E-state index contributed by atoms with van der Waals surface area (Å²) in [7, 11) is 0. The van der Waals surface area contributed by atoms with Crippen LogP contribution in [0.15, 0.2) is 30.3 Å². The summed E-state index contributed by atoms with van der Waals surface area (Å²) in [4.78, 5) is 11.8. The summed E-state index contributed by atoms with van der Waals surface area (Å²) in [6, 6.07) is 10.1. The van der Waals surface area contributed by atoms with E-state index in [0.717, 1.165) is 26.0 Å². The summed E-state index contributed by atoms with van der Waals surface area (Å²) in [6.07, 6.45) is 1.75. The summed E-state index contributed by atoms with van der Waals surface area (Å²) < 4.78 is 10.8. The number of ether oxygens (including phenoxy) is 2. The van der Waals surface area contributed by atoms with Gasteiger partial charge in [-0.2, -0.15) is 0 Å². The van der Waals surface area contributed by atoms with Crippen LogP contribution in [0, 0.1) is 0 Å². The van der Waals surface area contributed by atoms with Crippen molar-refractivity contribution in [3.63, 3.8) is 0 Å². The molecule has 2 rings (SSSR count). The maximum Gasteiger partial charge on any atom is 0.239 e. The lowest BCUT2D eigenvalue weighted by molar-refractivity contribution is -0.125. The van der Waals surface area contributed by atoms with Crippen molar-refractivity contribution in [1.29, 1.82) is 0 Å². The Balaban J connectivity index is 0.00000242. The van der Waals surface area contributed by atoms with E-state index in [1.807, 2.05) is 18.2 Å². The van der Waals surface area contributed by atoms with Crippen molar-refractivity contribution in [3.8, 4) is 0 Å². The van der Waals surface area contributed by atoms with Crippen LogP contribution in [-0.4, -0.2) is 51.5 Å². The number of hydrogen-bond acceptors (Lipinski definition) is 4. The van der Waals surface area contributed by atoms with Gasteiger partial charge in [0.25, 0.3) is 0 Å². The molecule has 1 aliphatic rings. The van der Waals surface area contributed by atoms with Crippen LogP contribution in [0.5, 0.6) is 0 Å². The van der Waals surface area contributed by atoms with Gasteiger partial charge in [-0.1, -0.05) is 30.3 Å². The minimum Gasteiger partial charge on any atom is -0.381 e. The van der Waals surface area contributed by atoms with Gasteiger partial charge in [-0.15, -0.1) is 12.4 Å². The highest BCUT2D eigenvalue weighted by molar-refractivity contribution is 5.85. The minimum atomic E-state index is -0.210. The fourth-order valence-electron chi connectivity index (χ4n) is 2.18. The normalized spacial score (nSPS) is 17.5. The lowest BCUT2D eigenvalue weighted by Crippen LogP contribution is -2.51. The first-order valence-corrected chi connectivity index (χ1v) is 7.57. The number of nitrogens with one attached hydrogen (secondary N) is 2. The SMILES string of the molecule is Cl.O=C(NCCCOCCc1ccccc1)C1COCCN1. The van der Waals surface area contributed by atoms with Gasteiger partial charge in [0, 0.05) is 19.7 Å². The fraction of sp³-hybridized carbons (Fsp3) is 0.562. The molecule has 2 N–H and O–H groups in total. The third-order valence-electron chi connectivity index (χ3n) is 3.38. The topological polar surface area (TPSA) is 59.6 Å². The van der Waals surface area contributed by atoms with Gasteiger partial charge < -0.3 is 20.1 Å². The molecule has 0 radical (unpaired) electrons. The van der Waals surface area contributed by atoms with Gasteiger partial charge in [-0.3, -0.25) is 4.79 Å². The minimum absolute atomic E-state index is 0. The van der Waals surface area contributed by atoms with Gasteiger partial charge in [-0.25, -0.2) is 0 Å². The van der Waals surface area contributed by atoms with Crippen molar-refractivity contribution >= 4 is 18.3 Å². The van der Waals surface area contributed by atoms with E-state index in [1.54, 1.807) is 0 Å². The third-order valence-corrected chi connectivity index (χ3v) is 3.38. The predicted octanol–water partition coefficient (Wildman–Crippen LogP) is 1.16. The fourth-order valence-corrected chi connectivity index (χ4v) is 2.18. The van der Waals surface area contributed by atoms with Crippen LogP contribution >= 0.6 is 12.4 Å². The first kappa shape index (κ1) is 18.9. The predicted molar refractivity (Wildman–Crippen MR) is 88.4 cm³/mol. The van der Waals surface area contributed by atoms with Crippen LogP contribution in [0.1, 0.15) is 12.0 Å². The van der Waals surface area contributed by atoms with Gasteiger partial charge in [0.05, 0.1) is 19.8 Å². The van der Waals surface area contributed by atoms with E-state index in [4.69, 9.17) is 9.47 Å². The Morgan fingerprint density at radius 2 is 2.14 bits per heavy atom. The van der Waals surface area contributed by atoms with E-state index < -0.39 is 0 Å². The monoisotopic (exact) mass is 328 g/mol. The Bertz CT molecular complexity index is 411. The van der Waals surface area contributed by atoms with Crippen LogP contribution in [0.4, 0.5) is 0 Å². The average molecular weight is 329 g/mol. The Hall–Kier alpha value is -1.14. The Morgan fingerprint density at radius 1 is 1.32 bits per heavy atom. The van der Waals surface area contributed by atoms with Crippen molar-refractivity contribution in [2.75, 3.05) is 39.5 Å². The molecule has 0 bridgehead atoms. The highest BCUT2D eigenvalue weighted by atomic mass is 35.5. The van der Waals surface area contributed by atoms with Gasteiger partial charge in [-0.05, 0) is 18.4 Å². The van der Waals surface area contributed by atoms with Crippen molar-refractivity contribution in [3.05, 3.63) is 35.9 Å². The molecule has 0 aromatic heterocycles. The molecule has 1 atom stereocenters. The zero-order valence-electron chi connectivity index (χ0n) is 12.8. The van der Waals surface area contributed by atoms with Gasteiger partial charge in [0.1, 0.15) is 6.04 Å². The quantitative estimate of drug-likeness (QED) is 0.703. The van der Waals surface area contributed by atoms with E-state index in [2.05, 4.69) is 22.8 Å². The molecule has 0 aliphatic carbocycles. The molecule has 1 saturated heterocycles. The number of carbonyl (C=O) groups is 1. The zero-order valence-corrected chi connectivity index (χ0v) is 13.6. The molecule has 1 fully saturated rings. The Kier molecular flexibility index (Phi) is 9.82. The highest BCUT2D eigenvalue weighted by Crippen LogP contribution is 1.99. The second-order valence-corrected chi connectivity index (χ2v) is 5.07. The average Bonchev–Trinajstić information content (AvgIpc) is 2.55. The molecule has 5 nitrogen and oxygen atoms in total. The van der Waals surface area contributed by atoms with E-state index in [-0.39, 0.29) is 24.4 Å². The molecular formula is C16H25ClN2O3. The largest absolute Gasteiger partial charge is 0.381 e. The van der Waals surface area contributed by atoms with Crippen LogP contribution in [0.2, 0.25) is 0 Å². The molecule has 1 heterocycles. The standard InChI is InChI=1S/C16H24N2O3.ClH/c19-16(15-13-21-12-9-17-15)18-8-4-10-20-11-7-14-5-2-1-3-6-14;/h1-3,5-6,15,17H,4,7-13H2,(H,18,19);1H. The van der Waals surface area contributed by atoms with Crippen LogP contribution in [-0.2, 0) is 20.7 Å².